The van der Waals surface area contributed by atoms with E-state index in [9.17, 15) is 0 Å². The zero-order valence-corrected chi connectivity index (χ0v) is 9.10. The molecule has 0 amide bonds. The Morgan fingerprint density at radius 1 is 1.50 bits per heavy atom. The summed E-state index contributed by atoms with van der Waals surface area (Å²) in [6, 6.07) is 7.98. The van der Waals surface area contributed by atoms with Crippen LogP contribution in [-0.2, 0) is 6.54 Å². The molecule has 1 aromatic carbocycles. The number of hydrogen-bond donors (Lipinski definition) is 1. The van der Waals surface area contributed by atoms with Gasteiger partial charge in [-0.2, -0.15) is 5.26 Å². The first kappa shape index (κ1) is 11.0. The average Bonchev–Trinajstić information content (AvgIpc) is 2.15. The van der Waals surface area contributed by atoms with Crippen molar-refractivity contribution in [1.29, 1.82) is 5.26 Å². The molecular weight excluding hydrogens is 196 g/mol. The smallest absolute Gasteiger partial charge is 0.101 e. The van der Waals surface area contributed by atoms with Gasteiger partial charge in [-0.1, -0.05) is 31.5 Å². The van der Waals surface area contributed by atoms with Crippen molar-refractivity contribution in [3.8, 4) is 6.07 Å². The Morgan fingerprint density at radius 3 is 2.71 bits per heavy atom. The summed E-state index contributed by atoms with van der Waals surface area (Å²) in [7, 11) is 0. The Balaban J connectivity index is 2.73. The largest absolute Gasteiger partial charge is 0.310 e. The Bertz CT molecular complexity index is 353. The molecule has 3 heteroatoms. The van der Waals surface area contributed by atoms with Crippen LogP contribution in [0.5, 0.6) is 0 Å². The minimum atomic E-state index is 0.449. The molecule has 0 aliphatic heterocycles. The van der Waals surface area contributed by atoms with Gasteiger partial charge in [0.1, 0.15) is 6.07 Å². The summed E-state index contributed by atoms with van der Waals surface area (Å²) >= 11 is 5.89. The molecule has 0 aliphatic rings. The molecule has 0 unspecified atom stereocenters. The van der Waals surface area contributed by atoms with E-state index in [4.69, 9.17) is 16.9 Å². The summed E-state index contributed by atoms with van der Waals surface area (Å²) in [6.07, 6.45) is 0. The number of nitriles is 1. The maximum Gasteiger partial charge on any atom is 0.101 e. The Kier molecular flexibility index (Phi) is 3.94. The van der Waals surface area contributed by atoms with Crippen LogP contribution in [-0.4, -0.2) is 6.04 Å². The van der Waals surface area contributed by atoms with Crippen molar-refractivity contribution in [2.75, 3.05) is 0 Å². The fourth-order valence-electron chi connectivity index (χ4n) is 1.08. The van der Waals surface area contributed by atoms with Crippen molar-refractivity contribution in [2.45, 2.75) is 26.4 Å². The molecule has 74 valence electrons. The second-order valence-electron chi connectivity index (χ2n) is 3.46. The molecule has 0 saturated heterocycles. The topological polar surface area (TPSA) is 35.8 Å². The molecule has 0 spiro atoms. The quantitative estimate of drug-likeness (QED) is 0.829. The summed E-state index contributed by atoms with van der Waals surface area (Å²) in [5.41, 5.74) is 1.63. The Morgan fingerprint density at radius 2 is 2.21 bits per heavy atom. The van der Waals surface area contributed by atoms with E-state index in [0.717, 1.165) is 12.1 Å². The SMILES string of the molecule is CC(C)NCc1ccc(C#N)c(Cl)c1. The van der Waals surface area contributed by atoms with Crippen LogP contribution < -0.4 is 5.32 Å². The van der Waals surface area contributed by atoms with Crippen LogP contribution in [0.2, 0.25) is 5.02 Å². The Hall–Kier alpha value is -1.04. The van der Waals surface area contributed by atoms with Gasteiger partial charge >= 0.3 is 0 Å². The molecule has 0 radical (unpaired) electrons. The highest BCUT2D eigenvalue weighted by atomic mass is 35.5. The van der Waals surface area contributed by atoms with Crippen molar-refractivity contribution in [2.24, 2.45) is 0 Å². The van der Waals surface area contributed by atoms with Crippen molar-refractivity contribution in [3.05, 3.63) is 34.3 Å². The lowest BCUT2D eigenvalue weighted by molar-refractivity contribution is 0.589. The van der Waals surface area contributed by atoms with E-state index in [-0.39, 0.29) is 0 Å². The molecule has 0 aromatic heterocycles. The maximum atomic E-state index is 8.68. The molecular formula is C11H13ClN2. The number of benzene rings is 1. The first-order valence-corrected chi connectivity index (χ1v) is 4.93. The van der Waals surface area contributed by atoms with Gasteiger partial charge in [0, 0.05) is 12.6 Å². The molecule has 1 N–H and O–H groups in total. The summed E-state index contributed by atoms with van der Waals surface area (Å²) in [6.45, 7) is 4.96. The van der Waals surface area contributed by atoms with Crippen LogP contribution in [0.1, 0.15) is 25.0 Å². The molecule has 0 bridgehead atoms. The normalized spacial score (nSPS) is 10.2. The van der Waals surface area contributed by atoms with E-state index in [1.54, 1.807) is 6.07 Å². The van der Waals surface area contributed by atoms with Gasteiger partial charge in [0.05, 0.1) is 10.6 Å². The van der Waals surface area contributed by atoms with Crippen molar-refractivity contribution in [1.82, 2.24) is 5.32 Å². The van der Waals surface area contributed by atoms with Crippen LogP contribution >= 0.6 is 11.6 Å². The fourth-order valence-corrected chi connectivity index (χ4v) is 1.33. The van der Waals surface area contributed by atoms with Gasteiger partial charge in [0.15, 0.2) is 0 Å². The van der Waals surface area contributed by atoms with Crippen molar-refractivity contribution >= 4 is 11.6 Å². The zero-order chi connectivity index (χ0) is 10.6. The van der Waals surface area contributed by atoms with Gasteiger partial charge in [-0.05, 0) is 17.7 Å². The molecule has 0 atom stereocenters. The fraction of sp³-hybridized carbons (Fsp3) is 0.364. The molecule has 1 aromatic rings. The first-order chi connectivity index (χ1) is 6.63. The van der Waals surface area contributed by atoms with Crippen LogP contribution in [0.4, 0.5) is 0 Å². The van der Waals surface area contributed by atoms with Crippen LogP contribution in [0.3, 0.4) is 0 Å². The third-order valence-corrected chi connectivity index (χ3v) is 2.18. The van der Waals surface area contributed by atoms with E-state index in [0.29, 0.717) is 16.6 Å². The van der Waals surface area contributed by atoms with Crippen molar-refractivity contribution in [3.63, 3.8) is 0 Å². The molecule has 2 nitrogen and oxygen atoms in total. The zero-order valence-electron chi connectivity index (χ0n) is 8.34. The van der Waals surface area contributed by atoms with E-state index < -0.39 is 0 Å². The third-order valence-electron chi connectivity index (χ3n) is 1.87. The average molecular weight is 209 g/mol. The highest BCUT2D eigenvalue weighted by molar-refractivity contribution is 6.31. The molecule has 0 heterocycles. The van der Waals surface area contributed by atoms with Crippen molar-refractivity contribution < 1.29 is 0 Å². The lowest BCUT2D eigenvalue weighted by Gasteiger charge is -2.08. The van der Waals surface area contributed by atoms with E-state index >= 15 is 0 Å². The summed E-state index contributed by atoms with van der Waals surface area (Å²) in [5, 5.41) is 12.5. The van der Waals surface area contributed by atoms with E-state index in [1.165, 1.54) is 0 Å². The molecule has 14 heavy (non-hydrogen) atoms. The number of halogens is 1. The number of rotatable bonds is 3. The highest BCUT2D eigenvalue weighted by Crippen LogP contribution is 2.16. The summed E-state index contributed by atoms with van der Waals surface area (Å²) < 4.78 is 0. The highest BCUT2D eigenvalue weighted by Gasteiger charge is 2.01. The second kappa shape index (κ2) is 4.99. The van der Waals surface area contributed by atoms with E-state index in [1.807, 2.05) is 18.2 Å². The number of nitrogens with zero attached hydrogens (tertiary/aromatic N) is 1. The lowest BCUT2D eigenvalue weighted by atomic mass is 10.1. The monoisotopic (exact) mass is 208 g/mol. The second-order valence-corrected chi connectivity index (χ2v) is 3.87. The molecule has 0 saturated carbocycles. The minimum Gasteiger partial charge on any atom is -0.310 e. The number of hydrogen-bond acceptors (Lipinski definition) is 2. The van der Waals surface area contributed by atoms with Gasteiger partial charge < -0.3 is 5.32 Å². The minimum absolute atomic E-state index is 0.449. The van der Waals surface area contributed by atoms with Gasteiger partial charge in [-0.3, -0.25) is 0 Å². The molecule has 0 aliphatic carbocycles. The summed E-state index contributed by atoms with van der Waals surface area (Å²) in [4.78, 5) is 0. The third kappa shape index (κ3) is 3.02. The molecule has 1 rings (SSSR count). The summed E-state index contributed by atoms with van der Waals surface area (Å²) in [5.74, 6) is 0. The van der Waals surface area contributed by atoms with Gasteiger partial charge in [-0.25, -0.2) is 0 Å². The standard InChI is InChI=1S/C11H13ClN2/c1-8(2)14-7-9-3-4-10(6-13)11(12)5-9/h3-5,8,14H,7H2,1-2H3. The number of nitrogens with one attached hydrogen (secondary N) is 1. The first-order valence-electron chi connectivity index (χ1n) is 4.55. The van der Waals surface area contributed by atoms with E-state index in [2.05, 4.69) is 19.2 Å². The van der Waals surface area contributed by atoms with Gasteiger partial charge in [0.25, 0.3) is 0 Å². The van der Waals surface area contributed by atoms with Crippen LogP contribution in [0.25, 0.3) is 0 Å². The predicted molar refractivity (Wildman–Crippen MR) is 58.1 cm³/mol. The van der Waals surface area contributed by atoms with Crippen LogP contribution in [0.15, 0.2) is 18.2 Å². The Labute approximate surface area is 89.5 Å². The maximum absolute atomic E-state index is 8.68. The lowest BCUT2D eigenvalue weighted by Crippen LogP contribution is -2.21. The van der Waals surface area contributed by atoms with Gasteiger partial charge in [0.2, 0.25) is 0 Å². The molecule has 0 fully saturated rings. The predicted octanol–water partition coefficient (Wildman–Crippen LogP) is 2.71. The van der Waals surface area contributed by atoms with Crippen LogP contribution in [0, 0.1) is 11.3 Å². The van der Waals surface area contributed by atoms with Gasteiger partial charge in [-0.15, -0.1) is 0 Å².